The molecule has 1 saturated carbocycles. The molecule has 0 unspecified atom stereocenters. The van der Waals surface area contributed by atoms with Crippen molar-refractivity contribution in [1.82, 2.24) is 9.88 Å². The lowest BCUT2D eigenvalue weighted by Gasteiger charge is -2.42. The molecule has 2 fully saturated rings. The number of aliphatic carboxylic acids is 1. The summed E-state index contributed by atoms with van der Waals surface area (Å²) >= 11 is 0. The van der Waals surface area contributed by atoms with E-state index in [1.54, 1.807) is 13.3 Å². The number of hydrogen-bond donors (Lipinski definition) is 1. The van der Waals surface area contributed by atoms with Gasteiger partial charge in [-0.1, -0.05) is 32.1 Å². The number of fused-ring (bicyclic) bond motifs is 1. The summed E-state index contributed by atoms with van der Waals surface area (Å²) in [6.45, 7) is 4.85. The van der Waals surface area contributed by atoms with Gasteiger partial charge in [-0.25, -0.2) is 4.39 Å². The van der Waals surface area contributed by atoms with Gasteiger partial charge in [-0.3, -0.25) is 9.78 Å². The van der Waals surface area contributed by atoms with Gasteiger partial charge in [-0.2, -0.15) is 0 Å². The van der Waals surface area contributed by atoms with E-state index in [0.717, 1.165) is 54.9 Å². The summed E-state index contributed by atoms with van der Waals surface area (Å²) in [6.07, 6.45) is 11.4. The number of hydrogen-bond acceptors (Lipinski definition) is 4. The minimum atomic E-state index is -1.16. The van der Waals surface area contributed by atoms with E-state index in [2.05, 4.69) is 9.88 Å². The zero-order valence-electron chi connectivity index (χ0n) is 21.4. The standard InChI is InChI=1S/C29H41FN2O3/c1-21-20-31-26-9-8-23(35-2)18-24(26)28(21)25(30)10-12-29(19-27(33)34)13-16-32(17-14-29)15-11-22-6-4-3-5-7-22/h8-9,18,20,22,25H,3-7,10-17,19H2,1-2H3,(H,33,34)/t25-/m0/s1. The second-order valence-corrected chi connectivity index (χ2v) is 10.9. The van der Waals surface area contributed by atoms with Crippen molar-refractivity contribution in [2.75, 3.05) is 26.7 Å². The molecule has 2 aliphatic rings. The Morgan fingerprint density at radius 1 is 1.26 bits per heavy atom. The van der Waals surface area contributed by atoms with Gasteiger partial charge in [0.2, 0.25) is 0 Å². The maximum atomic E-state index is 15.8. The van der Waals surface area contributed by atoms with Gasteiger partial charge in [-0.15, -0.1) is 0 Å². The Balaban J connectivity index is 1.40. The summed E-state index contributed by atoms with van der Waals surface area (Å²) in [7, 11) is 1.61. The Labute approximate surface area is 209 Å². The summed E-state index contributed by atoms with van der Waals surface area (Å²) in [4.78, 5) is 18.7. The Morgan fingerprint density at radius 2 is 2.00 bits per heavy atom. The number of carboxylic acid groups (broad SMARTS) is 1. The number of nitrogens with zero attached hydrogens (tertiary/aromatic N) is 2. The fraction of sp³-hybridized carbons (Fsp3) is 0.655. The predicted molar refractivity (Wildman–Crippen MR) is 138 cm³/mol. The van der Waals surface area contributed by atoms with Crippen LogP contribution in [0, 0.1) is 18.3 Å². The second kappa shape index (κ2) is 11.7. The van der Waals surface area contributed by atoms with Crippen LogP contribution in [0.2, 0.25) is 0 Å². The molecule has 1 aliphatic heterocycles. The average Bonchev–Trinajstić information content (AvgIpc) is 2.87. The monoisotopic (exact) mass is 484 g/mol. The number of piperidine rings is 1. The van der Waals surface area contributed by atoms with Gasteiger partial charge in [0.1, 0.15) is 11.9 Å². The molecule has 1 N–H and O–H groups in total. The normalized spacial score (nSPS) is 20.1. The van der Waals surface area contributed by atoms with Crippen LogP contribution in [0.5, 0.6) is 5.75 Å². The molecule has 0 amide bonds. The molecule has 0 bridgehead atoms. The Morgan fingerprint density at radius 3 is 2.69 bits per heavy atom. The van der Waals surface area contributed by atoms with Crippen molar-refractivity contribution < 1.29 is 19.0 Å². The van der Waals surface area contributed by atoms with Gasteiger partial charge in [0.15, 0.2) is 0 Å². The van der Waals surface area contributed by atoms with E-state index in [1.165, 1.54) is 38.5 Å². The van der Waals surface area contributed by atoms with Crippen molar-refractivity contribution in [2.45, 2.75) is 83.7 Å². The predicted octanol–water partition coefficient (Wildman–Crippen LogP) is 6.87. The molecule has 1 atom stereocenters. The minimum absolute atomic E-state index is 0.125. The SMILES string of the molecule is COc1ccc2ncc(C)c([C@@H](F)CCC3(CC(=O)O)CCN(CCC4CCCCC4)CC3)c2c1. The lowest BCUT2D eigenvalue weighted by atomic mass is 9.71. The lowest BCUT2D eigenvalue weighted by molar-refractivity contribution is -0.141. The molecular formula is C29H41FN2O3. The van der Waals surface area contributed by atoms with Gasteiger partial charge in [-0.05, 0) is 99.3 Å². The second-order valence-electron chi connectivity index (χ2n) is 10.9. The van der Waals surface area contributed by atoms with Crippen LogP contribution in [-0.4, -0.2) is 47.7 Å². The molecule has 5 nitrogen and oxygen atoms in total. The quantitative estimate of drug-likeness (QED) is 0.399. The summed E-state index contributed by atoms with van der Waals surface area (Å²) in [5, 5.41) is 10.4. The molecule has 0 spiro atoms. The summed E-state index contributed by atoms with van der Waals surface area (Å²) in [5.74, 6) is 0.770. The van der Waals surface area contributed by atoms with E-state index in [0.29, 0.717) is 24.2 Å². The van der Waals surface area contributed by atoms with Crippen molar-refractivity contribution >= 4 is 16.9 Å². The smallest absolute Gasteiger partial charge is 0.303 e. The van der Waals surface area contributed by atoms with Crippen LogP contribution in [0.25, 0.3) is 10.9 Å². The van der Waals surface area contributed by atoms with E-state index < -0.39 is 12.1 Å². The van der Waals surface area contributed by atoms with Crippen LogP contribution < -0.4 is 4.74 Å². The van der Waals surface area contributed by atoms with Crippen LogP contribution in [0.1, 0.15) is 87.9 Å². The van der Waals surface area contributed by atoms with Crippen LogP contribution in [0.4, 0.5) is 4.39 Å². The van der Waals surface area contributed by atoms with E-state index in [-0.39, 0.29) is 11.8 Å². The molecular weight excluding hydrogens is 443 g/mol. The van der Waals surface area contributed by atoms with Crippen molar-refractivity contribution in [3.8, 4) is 5.75 Å². The first-order valence-electron chi connectivity index (χ1n) is 13.4. The fourth-order valence-corrected chi connectivity index (χ4v) is 6.34. The van der Waals surface area contributed by atoms with Crippen molar-refractivity contribution in [3.63, 3.8) is 0 Å². The van der Waals surface area contributed by atoms with Gasteiger partial charge < -0.3 is 14.7 Å². The highest BCUT2D eigenvalue weighted by Gasteiger charge is 2.37. The molecule has 1 aromatic heterocycles. The molecule has 2 aromatic rings. The minimum Gasteiger partial charge on any atom is -0.497 e. The zero-order valence-corrected chi connectivity index (χ0v) is 21.4. The first-order valence-corrected chi connectivity index (χ1v) is 13.4. The number of pyridine rings is 1. The van der Waals surface area contributed by atoms with Crippen molar-refractivity contribution in [1.29, 1.82) is 0 Å². The highest BCUT2D eigenvalue weighted by atomic mass is 19.1. The zero-order chi connectivity index (χ0) is 24.8. The van der Waals surface area contributed by atoms with Crippen LogP contribution in [-0.2, 0) is 4.79 Å². The molecule has 0 radical (unpaired) electrons. The number of carbonyl (C=O) groups is 1. The third-order valence-electron chi connectivity index (χ3n) is 8.58. The van der Waals surface area contributed by atoms with Crippen molar-refractivity contribution in [3.05, 3.63) is 35.5 Å². The van der Waals surface area contributed by atoms with Gasteiger partial charge in [0.05, 0.1) is 19.0 Å². The Bertz CT molecular complexity index is 997. The van der Waals surface area contributed by atoms with Crippen molar-refractivity contribution in [2.24, 2.45) is 11.3 Å². The summed E-state index contributed by atoms with van der Waals surface area (Å²) in [5.41, 5.74) is 1.90. The molecule has 2 heterocycles. The van der Waals surface area contributed by atoms with Crippen LogP contribution in [0.15, 0.2) is 24.4 Å². The number of rotatable bonds is 10. The van der Waals surface area contributed by atoms with E-state index in [4.69, 9.17) is 4.74 Å². The molecule has 1 aliphatic carbocycles. The van der Waals surface area contributed by atoms with Gasteiger partial charge in [0.25, 0.3) is 0 Å². The third kappa shape index (κ3) is 6.52. The van der Waals surface area contributed by atoms with Crippen LogP contribution >= 0.6 is 0 Å². The summed E-state index contributed by atoms with van der Waals surface area (Å²) in [6, 6.07) is 5.56. The first-order chi connectivity index (χ1) is 16.9. The maximum Gasteiger partial charge on any atom is 0.303 e. The highest BCUT2D eigenvalue weighted by Crippen LogP contribution is 2.43. The fourth-order valence-electron chi connectivity index (χ4n) is 6.34. The van der Waals surface area contributed by atoms with Gasteiger partial charge >= 0.3 is 5.97 Å². The maximum absolute atomic E-state index is 15.8. The number of alkyl halides is 1. The molecule has 35 heavy (non-hydrogen) atoms. The molecule has 6 heteroatoms. The average molecular weight is 485 g/mol. The number of benzene rings is 1. The number of likely N-dealkylation sites (tertiary alicyclic amines) is 1. The number of aromatic nitrogens is 1. The number of methoxy groups -OCH3 is 1. The molecule has 192 valence electrons. The molecule has 1 saturated heterocycles. The highest BCUT2D eigenvalue weighted by molar-refractivity contribution is 5.84. The number of aryl methyl sites for hydroxylation is 1. The number of ether oxygens (including phenoxy) is 1. The van der Waals surface area contributed by atoms with E-state index >= 15 is 4.39 Å². The molecule has 1 aromatic carbocycles. The van der Waals surface area contributed by atoms with Gasteiger partial charge in [0, 0.05) is 11.6 Å². The Kier molecular flexibility index (Phi) is 8.64. The molecule has 4 rings (SSSR count). The van der Waals surface area contributed by atoms with Crippen LogP contribution in [0.3, 0.4) is 0 Å². The first kappa shape index (κ1) is 25.9. The Hall–Kier alpha value is -2.21. The van der Waals surface area contributed by atoms with E-state index in [9.17, 15) is 9.90 Å². The third-order valence-corrected chi connectivity index (χ3v) is 8.58. The number of carboxylic acids is 1. The summed E-state index contributed by atoms with van der Waals surface area (Å²) < 4.78 is 21.2. The largest absolute Gasteiger partial charge is 0.497 e. The van der Waals surface area contributed by atoms with E-state index in [1.807, 2.05) is 25.1 Å². The lowest BCUT2D eigenvalue weighted by Crippen LogP contribution is -2.42. The topological polar surface area (TPSA) is 62.7 Å². The number of halogens is 1.